The monoisotopic (exact) mass is 393 g/mol. The summed E-state index contributed by atoms with van der Waals surface area (Å²) in [6, 6.07) is 18.4. The number of nitrogens with one attached hydrogen (secondary N) is 1. The molecule has 2 aromatic carbocycles. The van der Waals surface area contributed by atoms with E-state index in [1.807, 2.05) is 54.3 Å². The summed E-state index contributed by atoms with van der Waals surface area (Å²) >= 11 is 5.37. The van der Waals surface area contributed by atoms with Gasteiger partial charge in [0, 0.05) is 37.4 Å². The zero-order valence-corrected chi connectivity index (χ0v) is 16.7. The molecule has 0 saturated carbocycles. The minimum absolute atomic E-state index is 0.0681. The molecule has 0 unspecified atom stereocenters. The second-order valence-electron chi connectivity index (χ2n) is 7.01. The van der Waals surface area contributed by atoms with Crippen LogP contribution < -0.4 is 4.90 Å². The summed E-state index contributed by atoms with van der Waals surface area (Å²) in [4.78, 5) is 17.1. The SMILES string of the molecule is Cc1ccc(-c2n[nH]c(=S)n2CC(=O)N2CCN(c3ccccc3)CC2)cc1. The maximum Gasteiger partial charge on any atom is 0.242 e. The summed E-state index contributed by atoms with van der Waals surface area (Å²) in [7, 11) is 0. The molecule has 6 nitrogen and oxygen atoms in total. The van der Waals surface area contributed by atoms with Crippen molar-refractivity contribution in [3.63, 3.8) is 0 Å². The van der Waals surface area contributed by atoms with Crippen LogP contribution in [-0.4, -0.2) is 51.8 Å². The van der Waals surface area contributed by atoms with Crippen molar-refractivity contribution in [3.05, 3.63) is 64.9 Å². The Morgan fingerprint density at radius 2 is 1.71 bits per heavy atom. The van der Waals surface area contributed by atoms with Gasteiger partial charge < -0.3 is 9.80 Å². The minimum atomic E-state index is 0.0681. The number of rotatable bonds is 4. The first-order valence-corrected chi connectivity index (χ1v) is 9.82. The number of carbonyl (C=O) groups excluding carboxylic acids is 1. The average molecular weight is 394 g/mol. The van der Waals surface area contributed by atoms with Crippen LogP contribution in [0.1, 0.15) is 5.56 Å². The van der Waals surface area contributed by atoms with Gasteiger partial charge in [0.25, 0.3) is 0 Å². The van der Waals surface area contributed by atoms with E-state index in [9.17, 15) is 4.79 Å². The fourth-order valence-corrected chi connectivity index (χ4v) is 3.67. The van der Waals surface area contributed by atoms with Gasteiger partial charge >= 0.3 is 0 Å². The van der Waals surface area contributed by atoms with Crippen molar-refractivity contribution in [1.82, 2.24) is 19.7 Å². The molecular formula is C21H23N5OS. The highest BCUT2D eigenvalue weighted by atomic mass is 32.1. The van der Waals surface area contributed by atoms with Crippen molar-refractivity contribution in [1.29, 1.82) is 0 Å². The van der Waals surface area contributed by atoms with E-state index in [4.69, 9.17) is 12.2 Å². The number of para-hydroxylation sites is 1. The van der Waals surface area contributed by atoms with Gasteiger partial charge in [-0.2, -0.15) is 5.10 Å². The molecule has 1 amide bonds. The Labute approximate surface area is 169 Å². The first kappa shape index (κ1) is 18.4. The zero-order valence-electron chi connectivity index (χ0n) is 15.8. The molecule has 1 saturated heterocycles. The van der Waals surface area contributed by atoms with Crippen LogP contribution in [0.2, 0.25) is 0 Å². The standard InChI is InChI=1S/C21H23N5OS/c1-16-7-9-17(10-8-16)20-22-23-21(28)26(20)15-19(27)25-13-11-24(12-14-25)18-5-3-2-4-6-18/h2-10H,11-15H2,1H3,(H,23,28). The van der Waals surface area contributed by atoms with Crippen molar-refractivity contribution in [2.24, 2.45) is 0 Å². The number of aromatic amines is 1. The highest BCUT2D eigenvalue weighted by Gasteiger charge is 2.22. The number of aromatic nitrogens is 3. The lowest BCUT2D eigenvalue weighted by molar-refractivity contribution is -0.132. The molecule has 2 heterocycles. The molecule has 1 fully saturated rings. The van der Waals surface area contributed by atoms with Crippen LogP contribution >= 0.6 is 12.2 Å². The Bertz CT molecular complexity index is 1000. The van der Waals surface area contributed by atoms with Gasteiger partial charge in [-0.3, -0.25) is 14.5 Å². The largest absolute Gasteiger partial charge is 0.368 e. The normalized spacial score (nSPS) is 14.3. The second-order valence-corrected chi connectivity index (χ2v) is 7.39. The van der Waals surface area contributed by atoms with Crippen molar-refractivity contribution < 1.29 is 4.79 Å². The minimum Gasteiger partial charge on any atom is -0.368 e. The number of H-pyrrole nitrogens is 1. The van der Waals surface area contributed by atoms with Gasteiger partial charge in [-0.15, -0.1) is 0 Å². The number of hydrogen-bond donors (Lipinski definition) is 1. The van der Waals surface area contributed by atoms with Crippen molar-refractivity contribution >= 4 is 23.8 Å². The van der Waals surface area contributed by atoms with Crippen LogP contribution in [0, 0.1) is 11.7 Å². The van der Waals surface area contributed by atoms with Crippen molar-refractivity contribution in [3.8, 4) is 11.4 Å². The topological polar surface area (TPSA) is 57.2 Å². The highest BCUT2D eigenvalue weighted by Crippen LogP contribution is 2.19. The van der Waals surface area contributed by atoms with E-state index >= 15 is 0 Å². The average Bonchev–Trinajstić information content (AvgIpc) is 3.09. The molecule has 1 aromatic heterocycles. The summed E-state index contributed by atoms with van der Waals surface area (Å²) in [5.41, 5.74) is 3.32. The number of nitrogens with zero attached hydrogens (tertiary/aromatic N) is 4. The molecule has 1 N–H and O–H groups in total. The smallest absolute Gasteiger partial charge is 0.242 e. The number of benzene rings is 2. The molecule has 0 radical (unpaired) electrons. The van der Waals surface area contributed by atoms with E-state index in [1.54, 1.807) is 4.57 Å². The van der Waals surface area contributed by atoms with Gasteiger partial charge in [0.2, 0.25) is 5.91 Å². The summed E-state index contributed by atoms with van der Waals surface area (Å²) < 4.78 is 2.25. The Balaban J connectivity index is 1.44. The van der Waals surface area contributed by atoms with Crippen LogP contribution in [0.15, 0.2) is 54.6 Å². The van der Waals surface area contributed by atoms with E-state index in [-0.39, 0.29) is 12.5 Å². The summed E-state index contributed by atoms with van der Waals surface area (Å²) in [6.07, 6.45) is 0. The number of anilines is 1. The fraction of sp³-hybridized carbons (Fsp3) is 0.286. The predicted molar refractivity (Wildman–Crippen MR) is 113 cm³/mol. The quantitative estimate of drug-likeness (QED) is 0.691. The third kappa shape index (κ3) is 3.84. The van der Waals surface area contributed by atoms with Crippen LogP contribution in [0.25, 0.3) is 11.4 Å². The van der Waals surface area contributed by atoms with Gasteiger partial charge in [-0.05, 0) is 31.3 Å². The number of piperazine rings is 1. The molecule has 0 atom stereocenters. The van der Waals surface area contributed by atoms with Crippen LogP contribution in [0.4, 0.5) is 5.69 Å². The predicted octanol–water partition coefficient (Wildman–Crippen LogP) is 3.26. The highest BCUT2D eigenvalue weighted by molar-refractivity contribution is 7.71. The molecule has 3 aromatic rings. The number of amides is 1. The molecule has 1 aliphatic heterocycles. The molecule has 28 heavy (non-hydrogen) atoms. The Morgan fingerprint density at radius 1 is 1.04 bits per heavy atom. The molecule has 7 heteroatoms. The third-order valence-corrected chi connectivity index (χ3v) is 5.43. The van der Waals surface area contributed by atoms with Gasteiger partial charge in [0.05, 0.1) is 0 Å². The summed E-state index contributed by atoms with van der Waals surface area (Å²) in [6.45, 7) is 5.32. The van der Waals surface area contributed by atoms with Gasteiger partial charge in [0.15, 0.2) is 10.6 Å². The Morgan fingerprint density at radius 3 is 2.39 bits per heavy atom. The number of aryl methyl sites for hydroxylation is 1. The summed E-state index contributed by atoms with van der Waals surface area (Å²) in [5.74, 6) is 0.764. The molecule has 1 aliphatic rings. The molecule has 0 bridgehead atoms. The van der Waals surface area contributed by atoms with Gasteiger partial charge in [0.1, 0.15) is 6.54 Å². The zero-order chi connectivity index (χ0) is 19.5. The first-order chi connectivity index (χ1) is 13.6. The molecule has 4 rings (SSSR count). The number of carbonyl (C=O) groups is 1. The van der Waals surface area contributed by atoms with E-state index in [1.165, 1.54) is 11.3 Å². The third-order valence-electron chi connectivity index (χ3n) is 5.12. The Kier molecular flexibility index (Phi) is 5.25. The molecular weight excluding hydrogens is 370 g/mol. The van der Waals surface area contributed by atoms with E-state index < -0.39 is 0 Å². The molecule has 144 valence electrons. The maximum absolute atomic E-state index is 12.9. The van der Waals surface area contributed by atoms with Crippen LogP contribution in [0.5, 0.6) is 0 Å². The lowest BCUT2D eigenvalue weighted by atomic mass is 10.1. The van der Waals surface area contributed by atoms with E-state index in [2.05, 4.69) is 27.2 Å². The second kappa shape index (κ2) is 7.98. The summed E-state index contributed by atoms with van der Waals surface area (Å²) in [5, 5.41) is 7.16. The van der Waals surface area contributed by atoms with E-state index in [0.717, 1.165) is 18.7 Å². The van der Waals surface area contributed by atoms with Crippen molar-refractivity contribution in [2.75, 3.05) is 31.1 Å². The fourth-order valence-electron chi connectivity index (χ4n) is 3.48. The van der Waals surface area contributed by atoms with Crippen LogP contribution in [0.3, 0.4) is 0 Å². The lowest BCUT2D eigenvalue weighted by Gasteiger charge is -2.36. The van der Waals surface area contributed by atoms with Crippen LogP contribution in [-0.2, 0) is 11.3 Å². The van der Waals surface area contributed by atoms with Gasteiger partial charge in [-0.1, -0.05) is 48.0 Å². The van der Waals surface area contributed by atoms with E-state index in [0.29, 0.717) is 23.7 Å². The number of hydrogen-bond acceptors (Lipinski definition) is 4. The first-order valence-electron chi connectivity index (χ1n) is 9.42. The van der Waals surface area contributed by atoms with Gasteiger partial charge in [-0.25, -0.2) is 0 Å². The lowest BCUT2D eigenvalue weighted by Crippen LogP contribution is -2.49. The molecule has 0 spiro atoms. The maximum atomic E-state index is 12.9. The molecule has 0 aliphatic carbocycles. The van der Waals surface area contributed by atoms with Crippen molar-refractivity contribution in [2.45, 2.75) is 13.5 Å². The Hall–Kier alpha value is -2.93.